The number of likely N-dealkylation sites (tertiary alicyclic amines) is 1. The Morgan fingerprint density at radius 2 is 1.81 bits per heavy atom. The van der Waals surface area contributed by atoms with Crippen LogP contribution in [0.4, 0.5) is 0 Å². The second-order valence-corrected chi connectivity index (χ2v) is 6.56. The van der Waals surface area contributed by atoms with Gasteiger partial charge in [0.1, 0.15) is 12.4 Å². The topological polar surface area (TPSA) is 64.8 Å². The third kappa shape index (κ3) is 4.06. The summed E-state index contributed by atoms with van der Waals surface area (Å²) in [6, 6.07) is 17.7. The molecule has 5 nitrogen and oxygen atoms in total. The predicted molar refractivity (Wildman–Crippen MR) is 101 cm³/mol. The van der Waals surface area contributed by atoms with E-state index in [-0.39, 0.29) is 17.7 Å². The van der Waals surface area contributed by atoms with Gasteiger partial charge >= 0.3 is 0 Å². The van der Waals surface area contributed by atoms with E-state index in [1.807, 2.05) is 47.4 Å². The van der Waals surface area contributed by atoms with Crippen LogP contribution in [-0.4, -0.2) is 50.8 Å². The van der Waals surface area contributed by atoms with Crippen molar-refractivity contribution in [3.8, 4) is 5.75 Å². The molecule has 0 bridgehead atoms. The molecule has 1 aliphatic heterocycles. The number of para-hydroxylation sites is 1. The highest BCUT2D eigenvalue weighted by molar-refractivity contribution is 5.97. The molecule has 5 heteroatoms. The van der Waals surface area contributed by atoms with Crippen LogP contribution in [0.1, 0.15) is 21.8 Å². The molecule has 1 fully saturated rings. The van der Waals surface area contributed by atoms with Crippen LogP contribution in [-0.2, 0) is 4.74 Å². The van der Waals surface area contributed by atoms with Crippen LogP contribution in [0.15, 0.2) is 54.6 Å². The monoisotopic (exact) mass is 354 g/mol. The lowest BCUT2D eigenvalue weighted by Crippen LogP contribution is -2.30. The van der Waals surface area contributed by atoms with E-state index in [4.69, 9.17) is 15.2 Å². The lowest BCUT2D eigenvalue weighted by molar-refractivity contribution is 0.0779. The Hall–Kier alpha value is -2.37. The number of ether oxygens (including phenoxy) is 2. The van der Waals surface area contributed by atoms with Crippen molar-refractivity contribution >= 4 is 5.91 Å². The fourth-order valence-corrected chi connectivity index (χ4v) is 3.53. The maximum absolute atomic E-state index is 13.1. The summed E-state index contributed by atoms with van der Waals surface area (Å²) in [7, 11) is 1.63. The summed E-state index contributed by atoms with van der Waals surface area (Å²) in [5.41, 5.74) is 7.83. The maximum Gasteiger partial charge on any atom is 0.257 e. The summed E-state index contributed by atoms with van der Waals surface area (Å²) < 4.78 is 10.7. The normalized spacial score (nSPS) is 19.5. The van der Waals surface area contributed by atoms with Crippen LogP contribution in [0.2, 0.25) is 0 Å². The molecule has 3 rings (SSSR count). The van der Waals surface area contributed by atoms with Crippen molar-refractivity contribution in [2.24, 2.45) is 11.7 Å². The van der Waals surface area contributed by atoms with Gasteiger partial charge in [-0.15, -0.1) is 0 Å². The highest BCUT2D eigenvalue weighted by Gasteiger charge is 2.36. The third-order valence-corrected chi connectivity index (χ3v) is 4.92. The van der Waals surface area contributed by atoms with E-state index in [2.05, 4.69) is 12.1 Å². The van der Waals surface area contributed by atoms with Gasteiger partial charge in [0.2, 0.25) is 0 Å². The van der Waals surface area contributed by atoms with E-state index in [0.717, 1.165) is 0 Å². The Bertz CT molecular complexity index is 720. The average molecular weight is 354 g/mol. The van der Waals surface area contributed by atoms with Crippen molar-refractivity contribution in [1.82, 2.24) is 4.90 Å². The number of carbonyl (C=O) groups excluding carboxylic acids is 1. The third-order valence-electron chi connectivity index (χ3n) is 4.92. The molecule has 0 spiro atoms. The van der Waals surface area contributed by atoms with E-state index in [0.29, 0.717) is 44.2 Å². The lowest BCUT2D eigenvalue weighted by atomic mass is 9.89. The number of nitrogens with two attached hydrogens (primary N) is 1. The van der Waals surface area contributed by atoms with Crippen molar-refractivity contribution < 1.29 is 14.3 Å². The molecule has 26 heavy (non-hydrogen) atoms. The first kappa shape index (κ1) is 18.4. The van der Waals surface area contributed by atoms with Crippen molar-refractivity contribution in [3.63, 3.8) is 0 Å². The maximum atomic E-state index is 13.1. The zero-order valence-electron chi connectivity index (χ0n) is 15.1. The van der Waals surface area contributed by atoms with Crippen LogP contribution in [0, 0.1) is 5.92 Å². The first-order chi connectivity index (χ1) is 12.7. The Morgan fingerprint density at radius 3 is 2.54 bits per heavy atom. The van der Waals surface area contributed by atoms with E-state index in [9.17, 15) is 4.79 Å². The first-order valence-electron chi connectivity index (χ1n) is 8.99. The summed E-state index contributed by atoms with van der Waals surface area (Å²) in [6.07, 6.45) is 0. The van der Waals surface area contributed by atoms with Crippen LogP contribution in [0.25, 0.3) is 0 Å². The number of benzene rings is 2. The number of nitrogens with zero attached hydrogens (tertiary/aromatic N) is 1. The van der Waals surface area contributed by atoms with E-state index in [1.165, 1.54) is 5.56 Å². The van der Waals surface area contributed by atoms with Crippen molar-refractivity contribution in [2.45, 2.75) is 5.92 Å². The fourth-order valence-electron chi connectivity index (χ4n) is 3.53. The summed E-state index contributed by atoms with van der Waals surface area (Å²) in [4.78, 5) is 15.0. The molecule has 0 aromatic heterocycles. The van der Waals surface area contributed by atoms with E-state index >= 15 is 0 Å². The largest absolute Gasteiger partial charge is 0.490 e. The second-order valence-electron chi connectivity index (χ2n) is 6.56. The van der Waals surface area contributed by atoms with E-state index < -0.39 is 0 Å². The van der Waals surface area contributed by atoms with Gasteiger partial charge in [0.05, 0.1) is 12.2 Å². The van der Waals surface area contributed by atoms with Gasteiger partial charge in [-0.25, -0.2) is 0 Å². The standard InChI is InChI=1S/C21H26N2O3/c1-25-11-12-26-20-10-6-5-9-18(20)21(24)23-14-17(13-22)19(15-23)16-7-3-2-4-8-16/h2-10,17,19H,11-15,22H2,1H3/t17-,19+/m1/s1. The van der Waals surface area contributed by atoms with Crippen molar-refractivity contribution in [3.05, 3.63) is 65.7 Å². The van der Waals surface area contributed by atoms with Crippen LogP contribution >= 0.6 is 0 Å². The predicted octanol–water partition coefficient (Wildman–Crippen LogP) is 2.53. The van der Waals surface area contributed by atoms with Gasteiger partial charge < -0.3 is 20.1 Å². The Labute approximate surface area is 154 Å². The Kier molecular flexibility index (Phi) is 6.26. The minimum absolute atomic E-state index is 0.00472. The highest BCUT2D eigenvalue weighted by atomic mass is 16.5. The smallest absolute Gasteiger partial charge is 0.257 e. The molecule has 1 aliphatic rings. The number of carbonyl (C=O) groups is 1. The second kappa shape index (κ2) is 8.83. The molecule has 1 heterocycles. The molecular weight excluding hydrogens is 328 g/mol. The summed E-state index contributed by atoms with van der Waals surface area (Å²) in [5.74, 6) is 1.13. The van der Waals surface area contributed by atoms with Gasteiger partial charge in [-0.2, -0.15) is 0 Å². The molecule has 2 atom stereocenters. The summed E-state index contributed by atoms with van der Waals surface area (Å²) in [6.45, 7) is 2.81. The number of hydrogen-bond acceptors (Lipinski definition) is 4. The molecule has 0 unspecified atom stereocenters. The zero-order valence-corrected chi connectivity index (χ0v) is 15.1. The summed E-state index contributed by atoms with van der Waals surface area (Å²) in [5, 5.41) is 0. The SMILES string of the molecule is COCCOc1ccccc1C(=O)N1C[C@@H](CN)[C@H](c2ccccc2)C1. The summed E-state index contributed by atoms with van der Waals surface area (Å²) >= 11 is 0. The van der Waals surface area contributed by atoms with Crippen LogP contribution < -0.4 is 10.5 Å². The molecule has 0 radical (unpaired) electrons. The molecule has 138 valence electrons. The fraction of sp³-hybridized carbons (Fsp3) is 0.381. The highest BCUT2D eigenvalue weighted by Crippen LogP contribution is 2.33. The number of rotatable bonds is 7. The molecule has 2 aromatic rings. The van der Waals surface area contributed by atoms with Gasteiger partial charge in [-0.05, 0) is 30.2 Å². The Morgan fingerprint density at radius 1 is 1.08 bits per heavy atom. The van der Waals surface area contributed by atoms with Gasteiger partial charge in [0.15, 0.2) is 0 Å². The molecule has 1 amide bonds. The first-order valence-corrected chi connectivity index (χ1v) is 8.99. The van der Waals surface area contributed by atoms with Crippen LogP contribution in [0.5, 0.6) is 5.75 Å². The lowest BCUT2D eigenvalue weighted by Gasteiger charge is -2.19. The molecule has 0 aliphatic carbocycles. The molecular formula is C21H26N2O3. The van der Waals surface area contributed by atoms with Crippen LogP contribution in [0.3, 0.4) is 0 Å². The minimum atomic E-state index is -0.00472. The molecule has 0 saturated carbocycles. The number of amides is 1. The van der Waals surface area contributed by atoms with Gasteiger partial charge in [0, 0.05) is 26.1 Å². The number of hydrogen-bond donors (Lipinski definition) is 1. The minimum Gasteiger partial charge on any atom is -0.490 e. The van der Waals surface area contributed by atoms with Gasteiger partial charge in [0.25, 0.3) is 5.91 Å². The molecule has 1 saturated heterocycles. The van der Waals surface area contributed by atoms with Crippen molar-refractivity contribution in [2.75, 3.05) is 40.0 Å². The Balaban J connectivity index is 1.76. The van der Waals surface area contributed by atoms with Gasteiger partial charge in [-0.3, -0.25) is 4.79 Å². The van der Waals surface area contributed by atoms with Crippen molar-refractivity contribution in [1.29, 1.82) is 0 Å². The van der Waals surface area contributed by atoms with E-state index in [1.54, 1.807) is 7.11 Å². The quantitative estimate of drug-likeness (QED) is 0.776. The number of methoxy groups -OCH3 is 1. The molecule has 2 aromatic carbocycles. The zero-order chi connectivity index (χ0) is 18.4. The molecule has 2 N–H and O–H groups in total. The average Bonchev–Trinajstić information content (AvgIpc) is 3.13. The van der Waals surface area contributed by atoms with Gasteiger partial charge in [-0.1, -0.05) is 42.5 Å².